The number of esters is 1. The van der Waals surface area contributed by atoms with Crippen LogP contribution in [0.4, 0.5) is 11.4 Å². The summed E-state index contributed by atoms with van der Waals surface area (Å²) in [6.45, 7) is 1.74. The number of carbonyl (C=O) groups excluding carboxylic acids is 4. The summed E-state index contributed by atoms with van der Waals surface area (Å²) in [5.41, 5.74) is 1.64. The van der Waals surface area contributed by atoms with Crippen molar-refractivity contribution in [1.29, 1.82) is 0 Å². The van der Waals surface area contributed by atoms with Crippen LogP contribution in [0, 0.1) is 0 Å². The standard InChI is InChI=1S/C31H27N3O5S2/c1-20(28(35)33-26-16-7-6-15-25(26)31(38)39-2)41-24-13-8-12-22(18-24)32-30(37)27(19-23-14-9-17-40-23)34-29(36)21-10-4-3-5-11-21/h3-20H,1-2H3,(H,32,37)(H,33,35)(H,34,36)/b27-19+. The Kier molecular flexibility index (Phi) is 10.1. The number of benzene rings is 3. The quantitative estimate of drug-likeness (QED) is 0.118. The molecule has 3 amide bonds. The maximum Gasteiger partial charge on any atom is 0.339 e. The summed E-state index contributed by atoms with van der Waals surface area (Å²) in [5.74, 6) is -1.74. The summed E-state index contributed by atoms with van der Waals surface area (Å²) in [5, 5.41) is 9.70. The lowest BCUT2D eigenvalue weighted by Gasteiger charge is -2.15. The Balaban J connectivity index is 1.45. The molecule has 0 aliphatic carbocycles. The molecule has 1 heterocycles. The van der Waals surface area contributed by atoms with Gasteiger partial charge in [-0.2, -0.15) is 0 Å². The number of rotatable bonds is 10. The summed E-state index contributed by atoms with van der Waals surface area (Å²) in [6.07, 6.45) is 1.62. The van der Waals surface area contributed by atoms with E-state index in [9.17, 15) is 19.2 Å². The Labute approximate surface area is 245 Å². The summed E-state index contributed by atoms with van der Waals surface area (Å²) in [6, 6.07) is 26.0. The van der Waals surface area contributed by atoms with Gasteiger partial charge in [0.15, 0.2) is 0 Å². The van der Waals surface area contributed by atoms with Crippen LogP contribution in [-0.2, 0) is 14.3 Å². The molecule has 8 nitrogen and oxygen atoms in total. The lowest BCUT2D eigenvalue weighted by molar-refractivity contribution is -0.115. The predicted octanol–water partition coefficient (Wildman–Crippen LogP) is 6.06. The summed E-state index contributed by atoms with van der Waals surface area (Å²) in [4.78, 5) is 52.5. The average molecular weight is 586 g/mol. The third-order valence-electron chi connectivity index (χ3n) is 5.72. The van der Waals surface area contributed by atoms with E-state index in [2.05, 4.69) is 16.0 Å². The fraction of sp³-hybridized carbons (Fsp3) is 0.0968. The highest BCUT2D eigenvalue weighted by Crippen LogP contribution is 2.27. The smallest absolute Gasteiger partial charge is 0.339 e. The van der Waals surface area contributed by atoms with Crippen molar-refractivity contribution < 1.29 is 23.9 Å². The molecule has 41 heavy (non-hydrogen) atoms. The number of ether oxygens (including phenoxy) is 1. The van der Waals surface area contributed by atoms with Gasteiger partial charge in [-0.1, -0.05) is 42.5 Å². The first kappa shape index (κ1) is 29.3. The molecule has 1 unspecified atom stereocenters. The van der Waals surface area contributed by atoms with E-state index < -0.39 is 23.0 Å². The first-order chi connectivity index (χ1) is 19.8. The predicted molar refractivity (Wildman–Crippen MR) is 163 cm³/mol. The highest BCUT2D eigenvalue weighted by Gasteiger charge is 2.19. The van der Waals surface area contributed by atoms with Crippen LogP contribution in [0.1, 0.15) is 32.5 Å². The lowest BCUT2D eigenvalue weighted by Crippen LogP contribution is -2.30. The van der Waals surface area contributed by atoms with E-state index in [4.69, 9.17) is 4.74 Å². The Morgan fingerprint density at radius 3 is 2.37 bits per heavy atom. The molecule has 0 saturated heterocycles. The second-order valence-corrected chi connectivity index (χ2v) is 11.1. The zero-order chi connectivity index (χ0) is 29.2. The van der Waals surface area contributed by atoms with E-state index >= 15 is 0 Å². The van der Waals surface area contributed by atoms with Crippen LogP contribution in [0.5, 0.6) is 0 Å². The van der Waals surface area contributed by atoms with E-state index in [1.807, 2.05) is 29.6 Å². The van der Waals surface area contributed by atoms with Crippen molar-refractivity contribution in [3.8, 4) is 0 Å². The first-order valence-electron chi connectivity index (χ1n) is 12.5. The van der Waals surface area contributed by atoms with Gasteiger partial charge in [0.05, 0.1) is 23.6 Å². The molecule has 4 rings (SSSR count). The number of thioether (sulfide) groups is 1. The molecule has 0 saturated carbocycles. The van der Waals surface area contributed by atoms with E-state index in [0.29, 0.717) is 16.9 Å². The molecule has 0 aliphatic rings. The van der Waals surface area contributed by atoms with Crippen LogP contribution < -0.4 is 16.0 Å². The fourth-order valence-corrected chi connectivity index (χ4v) is 5.26. The molecule has 0 spiro atoms. The zero-order valence-corrected chi connectivity index (χ0v) is 23.9. The van der Waals surface area contributed by atoms with Gasteiger partial charge >= 0.3 is 5.97 Å². The van der Waals surface area contributed by atoms with Crippen molar-refractivity contribution in [2.75, 3.05) is 17.7 Å². The van der Waals surface area contributed by atoms with Crippen molar-refractivity contribution in [2.24, 2.45) is 0 Å². The topological polar surface area (TPSA) is 114 Å². The Morgan fingerprint density at radius 2 is 1.63 bits per heavy atom. The number of anilines is 2. The number of hydrogen-bond acceptors (Lipinski definition) is 7. The fourth-order valence-electron chi connectivity index (χ4n) is 3.68. The summed E-state index contributed by atoms with van der Waals surface area (Å²) >= 11 is 2.73. The SMILES string of the molecule is COC(=O)c1ccccc1NC(=O)C(C)Sc1cccc(NC(=O)/C(=C\c2cccs2)NC(=O)c2ccccc2)c1. The van der Waals surface area contributed by atoms with Crippen LogP contribution in [0.15, 0.2) is 107 Å². The number of hydrogen-bond donors (Lipinski definition) is 3. The highest BCUT2D eigenvalue weighted by molar-refractivity contribution is 8.00. The number of carbonyl (C=O) groups is 4. The maximum atomic E-state index is 13.3. The van der Waals surface area contributed by atoms with Crippen LogP contribution in [-0.4, -0.2) is 36.1 Å². The molecule has 0 bridgehead atoms. The molecule has 1 aromatic heterocycles. The van der Waals surface area contributed by atoms with Gasteiger partial charge in [-0.25, -0.2) is 4.79 Å². The second-order valence-electron chi connectivity index (χ2n) is 8.66. The third-order valence-corrected chi connectivity index (χ3v) is 7.64. The van der Waals surface area contributed by atoms with E-state index in [0.717, 1.165) is 9.77 Å². The number of methoxy groups -OCH3 is 1. The Bertz CT molecular complexity index is 1570. The van der Waals surface area contributed by atoms with E-state index in [1.165, 1.54) is 30.2 Å². The molecular formula is C31H27N3O5S2. The molecule has 1 atom stereocenters. The van der Waals surface area contributed by atoms with Gasteiger partial charge in [0.2, 0.25) is 5.91 Å². The van der Waals surface area contributed by atoms with E-state index in [-0.39, 0.29) is 17.2 Å². The van der Waals surface area contributed by atoms with Crippen molar-refractivity contribution in [3.63, 3.8) is 0 Å². The monoisotopic (exact) mass is 585 g/mol. The van der Waals surface area contributed by atoms with Gasteiger partial charge in [-0.05, 0) is 66.9 Å². The molecular weight excluding hydrogens is 558 g/mol. The van der Waals surface area contributed by atoms with Crippen molar-refractivity contribution in [3.05, 3.63) is 118 Å². The molecule has 0 radical (unpaired) electrons. The minimum atomic E-state index is -0.544. The van der Waals surface area contributed by atoms with Crippen molar-refractivity contribution in [1.82, 2.24) is 5.32 Å². The Morgan fingerprint density at radius 1 is 0.878 bits per heavy atom. The van der Waals surface area contributed by atoms with Crippen LogP contribution in [0.2, 0.25) is 0 Å². The van der Waals surface area contributed by atoms with Gasteiger partial charge in [-0.3, -0.25) is 14.4 Å². The molecule has 4 aromatic rings. The van der Waals surface area contributed by atoms with Gasteiger partial charge in [-0.15, -0.1) is 23.1 Å². The van der Waals surface area contributed by atoms with Crippen LogP contribution in [0.25, 0.3) is 6.08 Å². The summed E-state index contributed by atoms with van der Waals surface area (Å²) in [7, 11) is 1.28. The second kappa shape index (κ2) is 14.1. The molecule has 0 aliphatic heterocycles. The largest absolute Gasteiger partial charge is 0.465 e. The summed E-state index contributed by atoms with van der Waals surface area (Å²) < 4.78 is 4.79. The van der Waals surface area contributed by atoms with Gasteiger partial charge in [0.25, 0.3) is 11.8 Å². The molecule has 208 valence electrons. The lowest BCUT2D eigenvalue weighted by atomic mass is 10.2. The number of amides is 3. The van der Waals surface area contributed by atoms with Crippen LogP contribution >= 0.6 is 23.1 Å². The normalized spacial score (nSPS) is 11.7. The Hall–Kier alpha value is -4.67. The zero-order valence-electron chi connectivity index (χ0n) is 22.3. The highest BCUT2D eigenvalue weighted by atomic mass is 32.2. The number of nitrogens with one attached hydrogen (secondary N) is 3. The maximum absolute atomic E-state index is 13.3. The molecule has 0 fully saturated rings. The third kappa shape index (κ3) is 8.17. The van der Waals surface area contributed by atoms with E-state index in [1.54, 1.807) is 79.7 Å². The average Bonchev–Trinajstić information content (AvgIpc) is 3.50. The number of thiophene rings is 1. The van der Waals surface area contributed by atoms with Crippen LogP contribution in [0.3, 0.4) is 0 Å². The minimum absolute atomic E-state index is 0.0939. The number of para-hydroxylation sites is 1. The van der Waals surface area contributed by atoms with Gasteiger partial charge in [0, 0.05) is 21.0 Å². The van der Waals surface area contributed by atoms with Gasteiger partial charge < -0.3 is 20.7 Å². The van der Waals surface area contributed by atoms with Crippen molar-refractivity contribution >= 4 is 64.2 Å². The molecule has 3 aromatic carbocycles. The first-order valence-corrected chi connectivity index (χ1v) is 14.3. The molecule has 3 N–H and O–H groups in total. The van der Waals surface area contributed by atoms with Gasteiger partial charge in [0.1, 0.15) is 5.70 Å². The van der Waals surface area contributed by atoms with Crippen molar-refractivity contribution in [2.45, 2.75) is 17.1 Å². The molecule has 10 heteroatoms. The minimum Gasteiger partial charge on any atom is -0.465 e.